The number of benzene rings is 2. The first kappa shape index (κ1) is 17.8. The second-order valence-electron chi connectivity index (χ2n) is 4.75. The van der Waals surface area contributed by atoms with E-state index in [2.05, 4.69) is 33.4 Å². The number of rotatable bonds is 8. The second-order valence-corrected chi connectivity index (χ2v) is 6.77. The number of thioether (sulfide) groups is 1. The van der Waals surface area contributed by atoms with Crippen molar-refractivity contribution in [2.75, 3.05) is 18.9 Å². The predicted molar refractivity (Wildman–Crippen MR) is 95.2 cm³/mol. The highest BCUT2D eigenvalue weighted by molar-refractivity contribution is 9.10. The summed E-state index contributed by atoms with van der Waals surface area (Å²) < 4.78 is 19.3. The number of hydrogen-bond donors (Lipinski definition) is 1. The van der Waals surface area contributed by atoms with Crippen molar-refractivity contribution in [2.45, 2.75) is 5.75 Å². The van der Waals surface area contributed by atoms with Crippen LogP contribution in [0.25, 0.3) is 0 Å². The summed E-state index contributed by atoms with van der Waals surface area (Å²) in [4.78, 5) is 11.7. The SMILES string of the molecule is O=C(COc1ccc(Br)cc1F)NCCSCc1ccccc1. The van der Waals surface area contributed by atoms with Gasteiger partial charge in [-0.15, -0.1) is 0 Å². The molecule has 3 nitrogen and oxygen atoms in total. The van der Waals surface area contributed by atoms with E-state index in [1.807, 2.05) is 18.2 Å². The van der Waals surface area contributed by atoms with Crippen LogP contribution in [-0.4, -0.2) is 24.8 Å². The van der Waals surface area contributed by atoms with Gasteiger partial charge >= 0.3 is 0 Å². The topological polar surface area (TPSA) is 38.3 Å². The van der Waals surface area contributed by atoms with Crippen LogP contribution in [-0.2, 0) is 10.5 Å². The molecule has 2 rings (SSSR count). The number of hydrogen-bond acceptors (Lipinski definition) is 3. The Morgan fingerprint density at radius 2 is 2.00 bits per heavy atom. The second kappa shape index (κ2) is 9.57. The molecule has 2 aromatic carbocycles. The summed E-state index contributed by atoms with van der Waals surface area (Å²) in [5, 5.41) is 2.75. The fourth-order valence-electron chi connectivity index (χ4n) is 1.81. The number of amides is 1. The van der Waals surface area contributed by atoms with Gasteiger partial charge in [0.15, 0.2) is 18.2 Å². The van der Waals surface area contributed by atoms with E-state index >= 15 is 0 Å². The van der Waals surface area contributed by atoms with Crippen LogP contribution in [0, 0.1) is 5.82 Å². The van der Waals surface area contributed by atoms with Crippen molar-refractivity contribution in [1.29, 1.82) is 0 Å². The van der Waals surface area contributed by atoms with Crippen LogP contribution in [0.3, 0.4) is 0 Å². The molecule has 0 spiro atoms. The molecular formula is C17H17BrFNO2S. The van der Waals surface area contributed by atoms with Gasteiger partial charge in [0.25, 0.3) is 5.91 Å². The normalized spacial score (nSPS) is 10.3. The number of nitrogens with one attached hydrogen (secondary N) is 1. The molecule has 0 radical (unpaired) electrons. The number of carbonyl (C=O) groups excluding carboxylic acids is 1. The molecule has 1 amide bonds. The van der Waals surface area contributed by atoms with Crippen LogP contribution in [0.4, 0.5) is 4.39 Å². The average Bonchev–Trinajstić information content (AvgIpc) is 2.54. The first-order chi connectivity index (χ1) is 11.1. The lowest BCUT2D eigenvalue weighted by Gasteiger charge is -2.08. The molecule has 0 saturated carbocycles. The maximum Gasteiger partial charge on any atom is 0.257 e. The largest absolute Gasteiger partial charge is 0.481 e. The highest BCUT2D eigenvalue weighted by Gasteiger charge is 2.07. The Balaban J connectivity index is 1.60. The van der Waals surface area contributed by atoms with Gasteiger partial charge in [-0.05, 0) is 23.8 Å². The molecule has 0 saturated heterocycles. The van der Waals surface area contributed by atoms with Crippen LogP contribution in [0.2, 0.25) is 0 Å². The van der Waals surface area contributed by atoms with E-state index in [0.29, 0.717) is 11.0 Å². The molecule has 1 N–H and O–H groups in total. The summed E-state index contributed by atoms with van der Waals surface area (Å²) in [5.41, 5.74) is 1.26. The smallest absolute Gasteiger partial charge is 0.257 e. The molecule has 0 aliphatic carbocycles. The summed E-state index contributed by atoms with van der Waals surface area (Å²) >= 11 is 4.91. The molecule has 6 heteroatoms. The molecule has 23 heavy (non-hydrogen) atoms. The molecule has 0 fully saturated rings. The van der Waals surface area contributed by atoms with Crippen LogP contribution < -0.4 is 10.1 Å². The summed E-state index contributed by atoms with van der Waals surface area (Å²) in [7, 11) is 0. The van der Waals surface area contributed by atoms with Crippen molar-refractivity contribution in [3.8, 4) is 5.75 Å². The predicted octanol–water partition coefficient (Wildman–Crippen LogP) is 4.02. The fraction of sp³-hybridized carbons (Fsp3) is 0.235. The Morgan fingerprint density at radius 1 is 1.22 bits per heavy atom. The molecular weight excluding hydrogens is 381 g/mol. The molecule has 0 unspecified atom stereocenters. The number of ether oxygens (including phenoxy) is 1. The van der Waals surface area contributed by atoms with Gasteiger partial charge in [-0.25, -0.2) is 4.39 Å². The van der Waals surface area contributed by atoms with Gasteiger partial charge in [0.2, 0.25) is 0 Å². The lowest BCUT2D eigenvalue weighted by atomic mass is 10.2. The van der Waals surface area contributed by atoms with Crippen molar-refractivity contribution in [3.05, 3.63) is 64.4 Å². The molecule has 2 aromatic rings. The Hall–Kier alpha value is -1.53. The van der Waals surface area contributed by atoms with Crippen molar-refractivity contribution in [2.24, 2.45) is 0 Å². The van der Waals surface area contributed by atoms with Gasteiger partial charge in [-0.3, -0.25) is 4.79 Å². The van der Waals surface area contributed by atoms with Crippen molar-refractivity contribution < 1.29 is 13.9 Å². The molecule has 0 heterocycles. The van der Waals surface area contributed by atoms with E-state index in [1.54, 1.807) is 17.8 Å². The molecule has 0 aliphatic rings. The summed E-state index contributed by atoms with van der Waals surface area (Å²) in [5.74, 6) is 1.05. The van der Waals surface area contributed by atoms with Gasteiger partial charge in [-0.2, -0.15) is 11.8 Å². The van der Waals surface area contributed by atoms with Gasteiger partial charge in [0.1, 0.15) is 0 Å². The molecule has 0 atom stereocenters. The summed E-state index contributed by atoms with van der Waals surface area (Å²) in [6, 6.07) is 14.6. The first-order valence-corrected chi connectivity index (χ1v) is 9.06. The minimum absolute atomic E-state index is 0.0711. The monoisotopic (exact) mass is 397 g/mol. The number of halogens is 2. The standard InChI is InChI=1S/C17H17BrFNO2S/c18-14-6-7-16(15(19)10-14)22-11-17(21)20-8-9-23-12-13-4-2-1-3-5-13/h1-7,10H,8-9,11-12H2,(H,20,21). The minimum atomic E-state index is -0.495. The van der Waals surface area contributed by atoms with Crippen LogP contribution in [0.1, 0.15) is 5.56 Å². The lowest BCUT2D eigenvalue weighted by molar-refractivity contribution is -0.123. The number of carbonyl (C=O) groups is 1. The van der Waals surface area contributed by atoms with Gasteiger partial charge < -0.3 is 10.1 Å². The highest BCUT2D eigenvalue weighted by atomic mass is 79.9. The Morgan fingerprint density at radius 3 is 2.74 bits per heavy atom. The van der Waals surface area contributed by atoms with E-state index in [-0.39, 0.29) is 18.3 Å². The summed E-state index contributed by atoms with van der Waals surface area (Å²) in [6.45, 7) is 0.365. The van der Waals surface area contributed by atoms with E-state index in [0.717, 1.165) is 11.5 Å². The van der Waals surface area contributed by atoms with Crippen molar-refractivity contribution in [1.82, 2.24) is 5.32 Å². The fourth-order valence-corrected chi connectivity index (χ4v) is 2.97. The maximum atomic E-state index is 13.5. The van der Waals surface area contributed by atoms with Gasteiger partial charge in [0, 0.05) is 22.5 Å². The van der Waals surface area contributed by atoms with Gasteiger partial charge in [0.05, 0.1) is 0 Å². The van der Waals surface area contributed by atoms with Crippen LogP contribution >= 0.6 is 27.7 Å². The minimum Gasteiger partial charge on any atom is -0.481 e. The molecule has 0 bridgehead atoms. The van der Waals surface area contributed by atoms with Crippen LogP contribution in [0.15, 0.2) is 53.0 Å². The zero-order chi connectivity index (χ0) is 16.5. The van der Waals surface area contributed by atoms with Crippen molar-refractivity contribution in [3.63, 3.8) is 0 Å². The third-order valence-corrected chi connectivity index (χ3v) is 4.46. The molecule has 0 aliphatic heterocycles. The zero-order valence-electron chi connectivity index (χ0n) is 12.4. The first-order valence-electron chi connectivity index (χ1n) is 7.11. The molecule has 122 valence electrons. The van der Waals surface area contributed by atoms with E-state index in [9.17, 15) is 9.18 Å². The van der Waals surface area contributed by atoms with Crippen LogP contribution in [0.5, 0.6) is 5.75 Å². The maximum absolute atomic E-state index is 13.5. The Kier molecular flexibility index (Phi) is 7.42. The molecule has 0 aromatic heterocycles. The third-order valence-electron chi connectivity index (χ3n) is 2.93. The average molecular weight is 398 g/mol. The third kappa shape index (κ3) is 6.62. The van der Waals surface area contributed by atoms with Gasteiger partial charge in [-0.1, -0.05) is 46.3 Å². The van der Waals surface area contributed by atoms with E-state index < -0.39 is 5.82 Å². The Bertz CT molecular complexity index is 640. The Labute approximate surface area is 147 Å². The van der Waals surface area contributed by atoms with E-state index in [1.165, 1.54) is 17.7 Å². The quantitative estimate of drug-likeness (QED) is 0.683. The summed E-state index contributed by atoms with van der Waals surface area (Å²) in [6.07, 6.45) is 0. The van der Waals surface area contributed by atoms with E-state index in [4.69, 9.17) is 4.74 Å². The zero-order valence-corrected chi connectivity index (χ0v) is 14.8. The highest BCUT2D eigenvalue weighted by Crippen LogP contribution is 2.21. The van der Waals surface area contributed by atoms with Crippen molar-refractivity contribution >= 4 is 33.6 Å². The lowest BCUT2D eigenvalue weighted by Crippen LogP contribution is -2.30.